The summed E-state index contributed by atoms with van der Waals surface area (Å²) in [5.41, 5.74) is 7.86. The Labute approximate surface area is 101 Å². The monoisotopic (exact) mass is 236 g/mol. The van der Waals surface area contributed by atoms with E-state index in [1.807, 2.05) is 11.3 Å². The van der Waals surface area contributed by atoms with Crippen molar-refractivity contribution in [1.82, 2.24) is 4.98 Å². The van der Waals surface area contributed by atoms with Gasteiger partial charge in [-0.1, -0.05) is 6.42 Å². The zero-order valence-electron chi connectivity index (χ0n) is 10.1. The second kappa shape index (κ2) is 3.54. The number of rotatable bonds is 2. The second-order valence-electron chi connectivity index (χ2n) is 5.74. The minimum absolute atomic E-state index is 0.0691. The van der Waals surface area contributed by atoms with E-state index in [1.54, 1.807) is 0 Å². The smallest absolute Gasteiger partial charge is 0.0949 e. The third-order valence-corrected chi connectivity index (χ3v) is 5.65. The summed E-state index contributed by atoms with van der Waals surface area (Å²) in [5, 5.41) is 1.25. The van der Waals surface area contributed by atoms with Crippen LogP contribution in [0.3, 0.4) is 0 Å². The molecule has 0 aromatic carbocycles. The molecule has 0 spiro atoms. The van der Waals surface area contributed by atoms with Crippen LogP contribution in [0.5, 0.6) is 0 Å². The Kier molecular flexibility index (Phi) is 2.37. The zero-order valence-corrected chi connectivity index (χ0v) is 10.9. The number of fused-ring (bicyclic) bond motifs is 2. The van der Waals surface area contributed by atoms with Crippen LogP contribution in [0.2, 0.25) is 0 Å². The third-order valence-electron chi connectivity index (χ3n) is 4.58. The molecule has 0 amide bonds. The van der Waals surface area contributed by atoms with Crippen LogP contribution in [0.4, 0.5) is 0 Å². The van der Waals surface area contributed by atoms with Crippen molar-refractivity contribution < 1.29 is 0 Å². The van der Waals surface area contributed by atoms with Gasteiger partial charge in [0.25, 0.3) is 0 Å². The number of aromatic nitrogens is 1. The van der Waals surface area contributed by atoms with Crippen LogP contribution in [-0.2, 0) is 6.42 Å². The molecule has 2 fully saturated rings. The van der Waals surface area contributed by atoms with Crippen LogP contribution in [0.25, 0.3) is 0 Å². The van der Waals surface area contributed by atoms with Crippen LogP contribution in [0, 0.1) is 25.7 Å². The standard InChI is InChI=1S/C13H20N2S/c1-8-9(2)16-12(15-8)7-13(14)6-10-3-4-11(13)5-10/h10-11H,3-7,14H2,1-2H3. The number of hydrogen-bond donors (Lipinski definition) is 1. The fourth-order valence-electron chi connectivity index (χ4n) is 3.60. The molecule has 88 valence electrons. The highest BCUT2D eigenvalue weighted by Crippen LogP contribution is 2.50. The summed E-state index contributed by atoms with van der Waals surface area (Å²) >= 11 is 1.84. The van der Waals surface area contributed by atoms with Gasteiger partial charge in [-0.3, -0.25) is 0 Å². The predicted octanol–water partition coefficient (Wildman–Crippen LogP) is 2.82. The lowest BCUT2D eigenvalue weighted by Gasteiger charge is -2.33. The number of hydrogen-bond acceptors (Lipinski definition) is 3. The maximum atomic E-state index is 6.60. The van der Waals surface area contributed by atoms with E-state index in [4.69, 9.17) is 5.73 Å². The Hall–Kier alpha value is -0.410. The van der Waals surface area contributed by atoms with Gasteiger partial charge in [0.15, 0.2) is 0 Å². The van der Waals surface area contributed by atoms with Crippen LogP contribution >= 0.6 is 11.3 Å². The van der Waals surface area contributed by atoms with Gasteiger partial charge in [-0.15, -0.1) is 11.3 Å². The summed E-state index contributed by atoms with van der Waals surface area (Å²) in [7, 11) is 0. The molecule has 0 saturated heterocycles. The molecule has 2 N–H and O–H groups in total. The molecule has 3 atom stereocenters. The second-order valence-corrected chi connectivity index (χ2v) is 7.03. The van der Waals surface area contributed by atoms with Crippen LogP contribution in [0.1, 0.15) is 41.3 Å². The Morgan fingerprint density at radius 1 is 1.44 bits per heavy atom. The van der Waals surface area contributed by atoms with Crippen molar-refractivity contribution in [1.29, 1.82) is 0 Å². The van der Waals surface area contributed by atoms with Gasteiger partial charge in [0.2, 0.25) is 0 Å². The van der Waals surface area contributed by atoms with Gasteiger partial charge in [-0.2, -0.15) is 0 Å². The predicted molar refractivity (Wildman–Crippen MR) is 67.7 cm³/mol. The Bertz CT molecular complexity index is 393. The van der Waals surface area contributed by atoms with E-state index in [0.717, 1.165) is 18.3 Å². The van der Waals surface area contributed by atoms with E-state index in [2.05, 4.69) is 18.8 Å². The highest BCUT2D eigenvalue weighted by Gasteiger charge is 2.48. The molecule has 1 aromatic heterocycles. The number of nitrogens with two attached hydrogens (primary N) is 1. The van der Waals surface area contributed by atoms with Crippen LogP contribution in [0.15, 0.2) is 0 Å². The maximum Gasteiger partial charge on any atom is 0.0949 e. The van der Waals surface area contributed by atoms with Gasteiger partial charge in [0.1, 0.15) is 0 Å². The first-order valence-electron chi connectivity index (χ1n) is 6.28. The number of nitrogens with zero attached hydrogens (tertiary/aromatic N) is 1. The summed E-state index contributed by atoms with van der Waals surface area (Å²) in [6.45, 7) is 4.25. The van der Waals surface area contributed by atoms with E-state index < -0.39 is 0 Å². The van der Waals surface area contributed by atoms with Crippen molar-refractivity contribution in [2.75, 3.05) is 0 Å². The van der Waals surface area contributed by atoms with Crippen molar-refractivity contribution in [3.05, 3.63) is 15.6 Å². The van der Waals surface area contributed by atoms with E-state index >= 15 is 0 Å². The third kappa shape index (κ3) is 1.61. The molecular weight excluding hydrogens is 216 g/mol. The molecule has 16 heavy (non-hydrogen) atoms. The summed E-state index contributed by atoms with van der Waals surface area (Å²) < 4.78 is 0. The van der Waals surface area contributed by atoms with Crippen molar-refractivity contribution >= 4 is 11.3 Å². The quantitative estimate of drug-likeness (QED) is 0.857. The highest BCUT2D eigenvalue weighted by molar-refractivity contribution is 7.11. The molecule has 2 nitrogen and oxygen atoms in total. The van der Waals surface area contributed by atoms with Crippen molar-refractivity contribution in [2.24, 2.45) is 17.6 Å². The van der Waals surface area contributed by atoms with Crippen molar-refractivity contribution in [2.45, 2.75) is 51.5 Å². The highest BCUT2D eigenvalue weighted by atomic mass is 32.1. The SMILES string of the molecule is Cc1nc(CC2(N)CC3CCC2C3)sc1C. The van der Waals surface area contributed by atoms with Gasteiger partial charge in [-0.25, -0.2) is 4.98 Å². The molecule has 3 heteroatoms. The summed E-state index contributed by atoms with van der Waals surface area (Å²) in [4.78, 5) is 5.99. The largest absolute Gasteiger partial charge is 0.324 e. The molecule has 2 bridgehead atoms. The van der Waals surface area contributed by atoms with Gasteiger partial charge >= 0.3 is 0 Å². The lowest BCUT2D eigenvalue weighted by molar-refractivity contribution is 0.269. The van der Waals surface area contributed by atoms with E-state index in [0.29, 0.717) is 0 Å². The van der Waals surface area contributed by atoms with Gasteiger partial charge < -0.3 is 5.73 Å². The van der Waals surface area contributed by atoms with E-state index in [1.165, 1.54) is 41.3 Å². The molecule has 0 radical (unpaired) electrons. The molecule has 1 aromatic rings. The topological polar surface area (TPSA) is 38.9 Å². The molecule has 2 aliphatic carbocycles. The normalized spacial score (nSPS) is 37.2. The molecule has 1 heterocycles. The first kappa shape index (κ1) is 10.7. The average Bonchev–Trinajstić information content (AvgIpc) is 2.82. The van der Waals surface area contributed by atoms with Crippen LogP contribution in [-0.4, -0.2) is 10.5 Å². The number of thiazole rings is 1. The fraction of sp³-hybridized carbons (Fsp3) is 0.769. The lowest BCUT2D eigenvalue weighted by atomic mass is 9.79. The Balaban J connectivity index is 1.79. The van der Waals surface area contributed by atoms with Gasteiger partial charge in [0, 0.05) is 16.8 Å². The summed E-state index contributed by atoms with van der Waals surface area (Å²) in [5.74, 6) is 1.68. The Morgan fingerprint density at radius 3 is 2.75 bits per heavy atom. The molecule has 2 saturated carbocycles. The summed E-state index contributed by atoms with van der Waals surface area (Å²) in [6, 6.07) is 0. The first-order valence-corrected chi connectivity index (χ1v) is 7.10. The lowest BCUT2D eigenvalue weighted by Crippen LogP contribution is -2.46. The molecule has 2 aliphatic rings. The van der Waals surface area contributed by atoms with E-state index in [-0.39, 0.29) is 5.54 Å². The minimum Gasteiger partial charge on any atom is -0.324 e. The molecular formula is C13H20N2S. The van der Waals surface area contributed by atoms with Crippen molar-refractivity contribution in [3.8, 4) is 0 Å². The number of aryl methyl sites for hydroxylation is 2. The maximum absolute atomic E-state index is 6.60. The van der Waals surface area contributed by atoms with Crippen LogP contribution < -0.4 is 5.73 Å². The summed E-state index contributed by atoms with van der Waals surface area (Å²) in [6.07, 6.45) is 6.38. The minimum atomic E-state index is 0.0691. The van der Waals surface area contributed by atoms with Crippen molar-refractivity contribution in [3.63, 3.8) is 0 Å². The average molecular weight is 236 g/mol. The fourth-order valence-corrected chi connectivity index (χ4v) is 4.67. The molecule has 0 aliphatic heterocycles. The zero-order chi connectivity index (χ0) is 11.3. The first-order chi connectivity index (χ1) is 7.57. The molecule has 3 unspecified atom stereocenters. The van der Waals surface area contributed by atoms with E-state index in [9.17, 15) is 0 Å². The van der Waals surface area contributed by atoms with Gasteiger partial charge in [-0.05, 0) is 44.9 Å². The Morgan fingerprint density at radius 2 is 2.25 bits per heavy atom. The molecule has 3 rings (SSSR count). The van der Waals surface area contributed by atoms with Gasteiger partial charge in [0.05, 0.1) is 10.7 Å².